The number of hydrogen-bond donors (Lipinski definition) is 1. The molecule has 20 heavy (non-hydrogen) atoms. The predicted molar refractivity (Wildman–Crippen MR) is 78.2 cm³/mol. The molecule has 2 heterocycles. The predicted octanol–water partition coefficient (Wildman–Crippen LogP) is 1.40. The van der Waals surface area contributed by atoms with Crippen LogP contribution in [0, 0.1) is 0 Å². The Hall–Kier alpha value is -1.40. The minimum Gasteiger partial charge on any atom is -0.478 e. The standard InChI is InChI=1S/C14H24N4O2/c1-3-20-14-10-13(15-11-16-14)17-12-4-6-18(7-5-12)8-9-19-2/h10-12H,3-9H2,1-2H3,(H,15,16,17). The van der Waals surface area contributed by atoms with Gasteiger partial charge in [-0.3, -0.25) is 0 Å². The van der Waals surface area contributed by atoms with E-state index in [1.54, 1.807) is 13.4 Å². The summed E-state index contributed by atoms with van der Waals surface area (Å²) in [6.45, 7) is 6.60. The van der Waals surface area contributed by atoms with Crippen molar-refractivity contribution in [3.63, 3.8) is 0 Å². The number of hydrogen-bond acceptors (Lipinski definition) is 6. The van der Waals surface area contributed by atoms with Crippen molar-refractivity contribution in [2.75, 3.05) is 45.3 Å². The third-order valence-electron chi connectivity index (χ3n) is 3.49. The van der Waals surface area contributed by atoms with Crippen molar-refractivity contribution in [3.05, 3.63) is 12.4 Å². The van der Waals surface area contributed by atoms with E-state index in [1.165, 1.54) is 0 Å². The molecule has 0 radical (unpaired) electrons. The molecule has 0 bridgehead atoms. The molecule has 0 atom stereocenters. The normalized spacial score (nSPS) is 17.1. The fourth-order valence-electron chi connectivity index (χ4n) is 2.38. The van der Waals surface area contributed by atoms with Crippen molar-refractivity contribution in [2.24, 2.45) is 0 Å². The molecular weight excluding hydrogens is 256 g/mol. The Bertz CT molecular complexity index is 395. The third-order valence-corrected chi connectivity index (χ3v) is 3.49. The summed E-state index contributed by atoms with van der Waals surface area (Å²) in [6, 6.07) is 2.33. The molecule has 0 aliphatic carbocycles. The monoisotopic (exact) mass is 280 g/mol. The summed E-state index contributed by atoms with van der Waals surface area (Å²) >= 11 is 0. The van der Waals surface area contributed by atoms with Gasteiger partial charge in [-0.05, 0) is 19.8 Å². The highest BCUT2D eigenvalue weighted by Crippen LogP contribution is 2.17. The van der Waals surface area contributed by atoms with Crippen LogP contribution in [0.2, 0.25) is 0 Å². The Labute approximate surface area is 120 Å². The smallest absolute Gasteiger partial charge is 0.218 e. The van der Waals surface area contributed by atoms with Gasteiger partial charge in [-0.2, -0.15) is 0 Å². The van der Waals surface area contributed by atoms with Crippen LogP contribution < -0.4 is 10.1 Å². The Balaban J connectivity index is 1.78. The van der Waals surface area contributed by atoms with Gasteiger partial charge in [0.25, 0.3) is 0 Å². The maximum atomic E-state index is 5.38. The van der Waals surface area contributed by atoms with E-state index in [0.717, 1.165) is 44.9 Å². The van der Waals surface area contributed by atoms with Gasteiger partial charge in [0, 0.05) is 38.9 Å². The number of ether oxygens (including phenoxy) is 2. The molecule has 0 unspecified atom stereocenters. The number of methoxy groups -OCH3 is 1. The maximum Gasteiger partial charge on any atom is 0.218 e. The Morgan fingerprint density at radius 3 is 2.85 bits per heavy atom. The van der Waals surface area contributed by atoms with Crippen molar-refractivity contribution >= 4 is 5.82 Å². The van der Waals surface area contributed by atoms with E-state index in [4.69, 9.17) is 9.47 Å². The first-order chi connectivity index (χ1) is 9.81. The van der Waals surface area contributed by atoms with Gasteiger partial charge in [-0.15, -0.1) is 0 Å². The van der Waals surface area contributed by atoms with E-state index in [9.17, 15) is 0 Å². The van der Waals surface area contributed by atoms with E-state index in [2.05, 4.69) is 20.2 Å². The number of aromatic nitrogens is 2. The highest BCUT2D eigenvalue weighted by molar-refractivity contribution is 5.38. The zero-order chi connectivity index (χ0) is 14.2. The van der Waals surface area contributed by atoms with E-state index in [-0.39, 0.29) is 0 Å². The molecule has 2 rings (SSSR count). The van der Waals surface area contributed by atoms with Crippen LogP contribution in [0.15, 0.2) is 12.4 Å². The van der Waals surface area contributed by atoms with Gasteiger partial charge in [0.1, 0.15) is 12.1 Å². The van der Waals surface area contributed by atoms with Crippen LogP contribution in [0.25, 0.3) is 0 Å². The number of nitrogens with zero attached hydrogens (tertiary/aromatic N) is 3. The first-order valence-corrected chi connectivity index (χ1v) is 7.24. The van der Waals surface area contributed by atoms with Crippen LogP contribution in [0.1, 0.15) is 19.8 Å². The van der Waals surface area contributed by atoms with Gasteiger partial charge in [0.15, 0.2) is 0 Å². The first-order valence-electron chi connectivity index (χ1n) is 7.24. The van der Waals surface area contributed by atoms with Gasteiger partial charge < -0.3 is 19.7 Å². The van der Waals surface area contributed by atoms with Crippen LogP contribution >= 0.6 is 0 Å². The van der Waals surface area contributed by atoms with Gasteiger partial charge in [0.2, 0.25) is 5.88 Å². The lowest BCUT2D eigenvalue weighted by molar-refractivity contribution is 0.132. The Morgan fingerprint density at radius 1 is 1.35 bits per heavy atom. The average molecular weight is 280 g/mol. The van der Waals surface area contributed by atoms with Gasteiger partial charge in [0.05, 0.1) is 13.2 Å². The number of rotatable bonds is 7. The van der Waals surface area contributed by atoms with Crippen LogP contribution in [0.4, 0.5) is 5.82 Å². The van der Waals surface area contributed by atoms with Gasteiger partial charge >= 0.3 is 0 Å². The number of piperidine rings is 1. The van der Waals surface area contributed by atoms with E-state index in [1.807, 2.05) is 13.0 Å². The fourth-order valence-corrected chi connectivity index (χ4v) is 2.38. The van der Waals surface area contributed by atoms with Crippen molar-refractivity contribution in [2.45, 2.75) is 25.8 Å². The van der Waals surface area contributed by atoms with E-state index < -0.39 is 0 Å². The molecule has 1 N–H and O–H groups in total. The second-order valence-corrected chi connectivity index (χ2v) is 4.93. The number of likely N-dealkylation sites (tertiary alicyclic amines) is 1. The highest BCUT2D eigenvalue weighted by atomic mass is 16.5. The van der Waals surface area contributed by atoms with E-state index in [0.29, 0.717) is 18.5 Å². The fraction of sp³-hybridized carbons (Fsp3) is 0.714. The van der Waals surface area contributed by atoms with Crippen molar-refractivity contribution in [1.29, 1.82) is 0 Å². The van der Waals surface area contributed by atoms with Gasteiger partial charge in [-0.25, -0.2) is 9.97 Å². The summed E-state index contributed by atoms with van der Waals surface area (Å²) in [7, 11) is 1.75. The molecular formula is C14H24N4O2. The second-order valence-electron chi connectivity index (χ2n) is 4.93. The topological polar surface area (TPSA) is 59.5 Å². The van der Waals surface area contributed by atoms with Crippen LogP contribution in [-0.2, 0) is 4.74 Å². The minimum atomic E-state index is 0.471. The third kappa shape index (κ3) is 4.61. The molecule has 6 nitrogen and oxygen atoms in total. The molecule has 6 heteroatoms. The lowest BCUT2D eigenvalue weighted by atomic mass is 10.1. The number of nitrogens with one attached hydrogen (secondary N) is 1. The summed E-state index contributed by atoms with van der Waals surface area (Å²) in [5.41, 5.74) is 0. The molecule has 0 saturated carbocycles. The quantitative estimate of drug-likeness (QED) is 0.814. The van der Waals surface area contributed by atoms with E-state index >= 15 is 0 Å². The lowest BCUT2D eigenvalue weighted by Crippen LogP contribution is -2.40. The molecule has 1 aromatic heterocycles. The average Bonchev–Trinajstić information content (AvgIpc) is 2.47. The summed E-state index contributed by atoms with van der Waals surface area (Å²) in [4.78, 5) is 10.8. The maximum absolute atomic E-state index is 5.38. The Morgan fingerprint density at radius 2 is 2.15 bits per heavy atom. The summed E-state index contributed by atoms with van der Waals surface area (Å²) in [5, 5.41) is 3.47. The largest absolute Gasteiger partial charge is 0.478 e. The molecule has 0 spiro atoms. The molecule has 1 fully saturated rings. The molecule has 0 amide bonds. The summed E-state index contributed by atoms with van der Waals surface area (Å²) in [5.74, 6) is 1.47. The molecule has 1 saturated heterocycles. The molecule has 0 aromatic carbocycles. The lowest BCUT2D eigenvalue weighted by Gasteiger charge is -2.32. The van der Waals surface area contributed by atoms with Crippen LogP contribution in [-0.4, -0.2) is 60.9 Å². The Kier molecular flexibility index (Phi) is 6.01. The van der Waals surface area contributed by atoms with Crippen LogP contribution in [0.5, 0.6) is 5.88 Å². The first kappa shape index (κ1) is 15.0. The molecule has 1 aliphatic heterocycles. The van der Waals surface area contributed by atoms with Gasteiger partial charge in [-0.1, -0.05) is 0 Å². The SMILES string of the molecule is CCOc1cc(NC2CCN(CCOC)CC2)ncn1. The number of anilines is 1. The second kappa shape index (κ2) is 8.01. The molecule has 1 aromatic rings. The zero-order valence-corrected chi connectivity index (χ0v) is 12.3. The van der Waals surface area contributed by atoms with Crippen molar-refractivity contribution < 1.29 is 9.47 Å². The highest BCUT2D eigenvalue weighted by Gasteiger charge is 2.19. The van der Waals surface area contributed by atoms with Crippen molar-refractivity contribution in [1.82, 2.24) is 14.9 Å². The minimum absolute atomic E-state index is 0.471. The van der Waals surface area contributed by atoms with Crippen molar-refractivity contribution in [3.8, 4) is 5.88 Å². The van der Waals surface area contributed by atoms with Crippen LogP contribution in [0.3, 0.4) is 0 Å². The molecule has 112 valence electrons. The zero-order valence-electron chi connectivity index (χ0n) is 12.3. The summed E-state index contributed by atoms with van der Waals surface area (Å²) in [6.07, 6.45) is 3.79. The molecule has 1 aliphatic rings. The summed E-state index contributed by atoms with van der Waals surface area (Å²) < 4.78 is 10.5.